The molecular weight excluding hydrogens is 170 g/mol. The van der Waals surface area contributed by atoms with Crippen LogP contribution in [-0.4, -0.2) is 17.4 Å². The lowest BCUT2D eigenvalue weighted by Crippen LogP contribution is -2.33. The summed E-state index contributed by atoms with van der Waals surface area (Å²) in [5, 5.41) is 2.11. The molecule has 2 rings (SSSR count). The average molecular weight is 181 g/mol. The molecule has 0 spiro atoms. The van der Waals surface area contributed by atoms with Crippen LogP contribution in [0.5, 0.6) is 0 Å². The highest BCUT2D eigenvalue weighted by atomic mass is 32.1. The van der Waals surface area contributed by atoms with Gasteiger partial charge in [0.25, 0.3) is 0 Å². The number of carbonyl (C=O) groups excluding carboxylic acids is 1. The molecule has 0 fully saturated rings. The lowest BCUT2D eigenvalue weighted by Gasteiger charge is -2.25. The summed E-state index contributed by atoms with van der Waals surface area (Å²) in [7, 11) is 0. The average Bonchev–Trinajstić information content (AvgIpc) is 2.49. The molecule has 1 aliphatic rings. The highest BCUT2D eigenvalue weighted by Crippen LogP contribution is 2.23. The van der Waals surface area contributed by atoms with E-state index in [0.717, 1.165) is 19.5 Å². The summed E-state index contributed by atoms with van der Waals surface area (Å²) in [6, 6.07) is 2.12. The molecule has 0 aliphatic carbocycles. The number of hydrogen-bond donors (Lipinski definition) is 0. The quantitative estimate of drug-likeness (QED) is 0.596. The van der Waals surface area contributed by atoms with Crippen molar-refractivity contribution < 1.29 is 4.79 Å². The Morgan fingerprint density at radius 2 is 2.50 bits per heavy atom. The van der Waals surface area contributed by atoms with E-state index >= 15 is 0 Å². The van der Waals surface area contributed by atoms with Crippen LogP contribution in [-0.2, 0) is 17.8 Å². The third-order valence-corrected chi connectivity index (χ3v) is 3.28. The first-order valence-electron chi connectivity index (χ1n) is 4.08. The number of nitrogens with zero attached hydrogens (tertiary/aromatic N) is 1. The van der Waals surface area contributed by atoms with E-state index < -0.39 is 0 Å². The number of thiophene rings is 1. The molecule has 0 unspecified atom stereocenters. The number of hydrogen-bond acceptors (Lipinski definition) is 2. The molecule has 0 saturated carbocycles. The molecule has 2 heterocycles. The van der Waals surface area contributed by atoms with Crippen molar-refractivity contribution >= 4 is 17.2 Å². The zero-order valence-corrected chi connectivity index (χ0v) is 7.86. The van der Waals surface area contributed by atoms with E-state index in [1.165, 1.54) is 10.4 Å². The van der Waals surface area contributed by atoms with Crippen molar-refractivity contribution in [2.45, 2.75) is 19.9 Å². The van der Waals surface area contributed by atoms with E-state index in [1.807, 2.05) is 4.90 Å². The van der Waals surface area contributed by atoms with Gasteiger partial charge in [0.1, 0.15) is 0 Å². The molecule has 3 heteroatoms. The Hall–Kier alpha value is -0.830. The highest BCUT2D eigenvalue weighted by Gasteiger charge is 2.18. The largest absolute Gasteiger partial charge is 0.338 e. The fourth-order valence-corrected chi connectivity index (χ4v) is 2.41. The van der Waals surface area contributed by atoms with Crippen LogP contribution in [0.3, 0.4) is 0 Å². The molecule has 12 heavy (non-hydrogen) atoms. The lowest BCUT2D eigenvalue weighted by atomic mass is 10.1. The Bertz CT molecular complexity index is 305. The molecule has 1 amide bonds. The molecule has 2 nitrogen and oxygen atoms in total. The van der Waals surface area contributed by atoms with Crippen molar-refractivity contribution in [2.75, 3.05) is 6.54 Å². The summed E-state index contributed by atoms with van der Waals surface area (Å²) in [4.78, 5) is 14.4. The molecular formula is C9H11NOS. The summed E-state index contributed by atoms with van der Waals surface area (Å²) in [6.45, 7) is 3.34. The van der Waals surface area contributed by atoms with Crippen molar-refractivity contribution in [3.05, 3.63) is 21.9 Å². The van der Waals surface area contributed by atoms with E-state index in [1.54, 1.807) is 18.3 Å². The molecule has 0 saturated heterocycles. The van der Waals surface area contributed by atoms with Crippen molar-refractivity contribution in [1.29, 1.82) is 0 Å². The van der Waals surface area contributed by atoms with Gasteiger partial charge in [0.2, 0.25) is 5.91 Å². The van der Waals surface area contributed by atoms with Gasteiger partial charge in [0.05, 0.1) is 0 Å². The molecule has 64 valence electrons. The van der Waals surface area contributed by atoms with Gasteiger partial charge in [0, 0.05) is 24.9 Å². The second kappa shape index (κ2) is 2.90. The summed E-state index contributed by atoms with van der Waals surface area (Å²) in [6.07, 6.45) is 1.03. The van der Waals surface area contributed by atoms with Crippen LogP contribution < -0.4 is 0 Å². The zero-order valence-electron chi connectivity index (χ0n) is 7.04. The topological polar surface area (TPSA) is 20.3 Å². The SMILES string of the molecule is CC(=O)N1CCc2sccc2C1. The van der Waals surface area contributed by atoms with Crippen molar-refractivity contribution in [2.24, 2.45) is 0 Å². The van der Waals surface area contributed by atoms with Gasteiger partial charge in [-0.15, -0.1) is 11.3 Å². The van der Waals surface area contributed by atoms with Crippen molar-refractivity contribution in [3.8, 4) is 0 Å². The molecule has 1 aromatic rings. The minimum atomic E-state index is 0.187. The lowest BCUT2D eigenvalue weighted by molar-refractivity contribution is -0.129. The number of amides is 1. The predicted octanol–water partition coefficient (Wildman–Crippen LogP) is 1.65. The van der Waals surface area contributed by atoms with Gasteiger partial charge in [-0.25, -0.2) is 0 Å². The number of carbonyl (C=O) groups is 1. The van der Waals surface area contributed by atoms with Gasteiger partial charge >= 0.3 is 0 Å². The summed E-state index contributed by atoms with van der Waals surface area (Å²) in [5.41, 5.74) is 1.33. The van der Waals surface area contributed by atoms with Crippen LogP contribution in [0.4, 0.5) is 0 Å². The maximum absolute atomic E-state index is 11.1. The van der Waals surface area contributed by atoms with Gasteiger partial charge in [0.15, 0.2) is 0 Å². The molecule has 1 aromatic heterocycles. The highest BCUT2D eigenvalue weighted by molar-refractivity contribution is 7.10. The number of rotatable bonds is 0. The van der Waals surface area contributed by atoms with Gasteiger partial charge in [-0.2, -0.15) is 0 Å². The van der Waals surface area contributed by atoms with Crippen LogP contribution in [0.15, 0.2) is 11.4 Å². The van der Waals surface area contributed by atoms with Crippen LogP contribution in [0.2, 0.25) is 0 Å². The summed E-state index contributed by atoms with van der Waals surface area (Å²) >= 11 is 1.80. The number of fused-ring (bicyclic) bond motifs is 1. The third-order valence-electron chi connectivity index (χ3n) is 2.25. The fourth-order valence-electron chi connectivity index (χ4n) is 1.52. The third kappa shape index (κ3) is 1.25. The van der Waals surface area contributed by atoms with Gasteiger partial charge in [-0.05, 0) is 23.4 Å². The molecule has 0 atom stereocenters. The molecule has 0 aromatic carbocycles. The Morgan fingerprint density at radius 1 is 1.67 bits per heavy atom. The second-order valence-electron chi connectivity index (χ2n) is 3.06. The van der Waals surface area contributed by atoms with Gasteiger partial charge in [-0.1, -0.05) is 0 Å². The van der Waals surface area contributed by atoms with Crippen LogP contribution in [0.25, 0.3) is 0 Å². The van der Waals surface area contributed by atoms with Gasteiger partial charge < -0.3 is 4.90 Å². The normalized spacial score (nSPS) is 15.9. The maximum Gasteiger partial charge on any atom is 0.219 e. The van der Waals surface area contributed by atoms with Crippen LogP contribution >= 0.6 is 11.3 Å². The predicted molar refractivity (Wildman–Crippen MR) is 49.1 cm³/mol. The van der Waals surface area contributed by atoms with E-state index in [4.69, 9.17) is 0 Å². The smallest absolute Gasteiger partial charge is 0.219 e. The summed E-state index contributed by atoms with van der Waals surface area (Å²) < 4.78 is 0. The summed E-state index contributed by atoms with van der Waals surface area (Å²) in [5.74, 6) is 0.187. The Kier molecular flexibility index (Phi) is 1.89. The standard InChI is InChI=1S/C9H11NOS/c1-7(11)10-4-2-9-8(6-10)3-5-12-9/h3,5H,2,4,6H2,1H3. The first kappa shape index (κ1) is 7.80. The molecule has 0 radical (unpaired) electrons. The molecule has 0 bridgehead atoms. The first-order valence-corrected chi connectivity index (χ1v) is 4.96. The fraction of sp³-hybridized carbons (Fsp3) is 0.444. The van der Waals surface area contributed by atoms with Crippen LogP contribution in [0, 0.1) is 0 Å². The van der Waals surface area contributed by atoms with E-state index in [9.17, 15) is 4.79 Å². The van der Waals surface area contributed by atoms with E-state index in [2.05, 4.69) is 11.4 Å². The second-order valence-corrected chi connectivity index (χ2v) is 4.06. The zero-order chi connectivity index (χ0) is 8.55. The Balaban J connectivity index is 2.20. The van der Waals surface area contributed by atoms with E-state index in [-0.39, 0.29) is 5.91 Å². The van der Waals surface area contributed by atoms with Gasteiger partial charge in [-0.3, -0.25) is 4.79 Å². The first-order chi connectivity index (χ1) is 5.77. The van der Waals surface area contributed by atoms with E-state index in [0.29, 0.717) is 0 Å². The molecule has 0 N–H and O–H groups in total. The van der Waals surface area contributed by atoms with Crippen molar-refractivity contribution in [3.63, 3.8) is 0 Å². The van der Waals surface area contributed by atoms with Crippen LogP contribution in [0.1, 0.15) is 17.4 Å². The Labute approximate surface area is 75.8 Å². The maximum atomic E-state index is 11.1. The molecule has 1 aliphatic heterocycles. The Morgan fingerprint density at radius 3 is 3.25 bits per heavy atom. The monoisotopic (exact) mass is 181 g/mol. The van der Waals surface area contributed by atoms with Crippen molar-refractivity contribution in [1.82, 2.24) is 4.90 Å². The minimum absolute atomic E-state index is 0.187. The minimum Gasteiger partial charge on any atom is -0.338 e.